The summed E-state index contributed by atoms with van der Waals surface area (Å²) >= 11 is 1.55. The molecule has 0 spiro atoms. The summed E-state index contributed by atoms with van der Waals surface area (Å²) in [6.07, 6.45) is 3.28. The van der Waals surface area contributed by atoms with Crippen LogP contribution in [0.25, 0.3) is 0 Å². The van der Waals surface area contributed by atoms with Gasteiger partial charge in [0, 0.05) is 5.54 Å². The van der Waals surface area contributed by atoms with Gasteiger partial charge >= 0.3 is 11.9 Å². The van der Waals surface area contributed by atoms with Crippen molar-refractivity contribution in [2.45, 2.75) is 51.6 Å². The zero-order valence-electron chi connectivity index (χ0n) is 13.8. The predicted molar refractivity (Wildman–Crippen MR) is 103 cm³/mol. The molecule has 1 saturated heterocycles. The molecule has 2 atom stereocenters. The number of amides is 1. The standard InChI is InChI=1S/C17H25N2O.Al.HI.H/c1-4-17(12-16(2,3)10-11-19-17)15(18-13-20)14-8-6-5-7-9-14;;;/h5-9,15,19H,4,10-12H2,1-3H3,(H,18,20);;1H;/q;+1;;/p-1. The Hall–Kier alpha value is -0.0875. The Balaban J connectivity index is 2.39. The van der Waals surface area contributed by atoms with Crippen molar-refractivity contribution in [2.75, 3.05) is 6.54 Å². The van der Waals surface area contributed by atoms with Gasteiger partial charge < -0.3 is 10.6 Å². The maximum Gasteiger partial charge on any atom is 0.467 e. The lowest BCUT2D eigenvalue weighted by Crippen LogP contribution is -2.60. The number of carbonyl (C=O) groups excluding carboxylic acids is 1. The van der Waals surface area contributed by atoms with E-state index >= 15 is 0 Å². The summed E-state index contributed by atoms with van der Waals surface area (Å²) in [7, 11) is 0. The monoisotopic (exact) mass is 428 g/mol. The highest BCUT2D eigenvalue weighted by atomic mass is 127. The van der Waals surface area contributed by atoms with Crippen molar-refractivity contribution in [2.24, 2.45) is 5.41 Å². The number of piperidine rings is 1. The first-order valence-corrected chi connectivity index (χ1v) is 13.9. The highest BCUT2D eigenvalue weighted by Gasteiger charge is 2.45. The number of benzene rings is 1. The molecule has 0 radical (unpaired) electrons. The lowest BCUT2D eigenvalue weighted by atomic mass is 9.67. The van der Waals surface area contributed by atoms with E-state index in [-0.39, 0.29) is 16.3 Å². The average Bonchev–Trinajstić information content (AvgIpc) is 2.52. The smallest absolute Gasteiger partial charge is 0.363 e. The van der Waals surface area contributed by atoms with Crippen LogP contribution in [0.15, 0.2) is 30.3 Å². The van der Waals surface area contributed by atoms with Crippen LogP contribution >= 0.6 is 20.3 Å². The van der Waals surface area contributed by atoms with Gasteiger partial charge in [0.2, 0.25) is 0 Å². The Morgan fingerprint density at radius 2 is 2.09 bits per heavy atom. The van der Waals surface area contributed by atoms with Crippen molar-refractivity contribution in [3.05, 3.63) is 35.9 Å². The Bertz CT molecular complexity index is 509. The Kier molecular flexibility index (Phi) is 6.35. The van der Waals surface area contributed by atoms with E-state index in [4.69, 9.17) is 0 Å². The SMILES string of the molecule is CCC1(C(N[C](=O)[AlH][I])c2ccccc2)CC(C)(C)CCN1. The van der Waals surface area contributed by atoms with Gasteiger partial charge in [-0.3, -0.25) is 4.79 Å². The average molecular weight is 428 g/mol. The van der Waals surface area contributed by atoms with E-state index in [0.717, 1.165) is 19.4 Å². The molecule has 1 amide bonds. The number of carbonyl (C=O) groups is 1. The van der Waals surface area contributed by atoms with Gasteiger partial charge in [-0.05, 0) is 36.8 Å². The van der Waals surface area contributed by atoms with Gasteiger partial charge in [0.25, 0.3) is 0 Å². The van der Waals surface area contributed by atoms with Crippen LogP contribution in [0.2, 0.25) is 0 Å². The first kappa shape index (κ1) is 18.3. The Labute approximate surface area is 151 Å². The molecule has 1 aromatic rings. The van der Waals surface area contributed by atoms with Gasteiger partial charge in [-0.15, -0.1) is 0 Å². The number of hydrogen-bond acceptors (Lipinski definition) is 2. The Morgan fingerprint density at radius 1 is 1.41 bits per heavy atom. The van der Waals surface area contributed by atoms with Crippen LogP contribution in [0.3, 0.4) is 0 Å². The molecule has 2 rings (SSSR count). The normalized spacial score (nSPS) is 25.3. The molecule has 3 nitrogen and oxygen atoms in total. The topological polar surface area (TPSA) is 41.1 Å². The van der Waals surface area contributed by atoms with Crippen molar-refractivity contribution in [3.8, 4) is 0 Å². The second-order valence-corrected chi connectivity index (χ2v) is 10.3. The van der Waals surface area contributed by atoms with Crippen LogP contribution in [0.1, 0.15) is 51.6 Å². The minimum atomic E-state index is -0.714. The van der Waals surface area contributed by atoms with E-state index in [1.54, 1.807) is 0 Å². The number of halogens is 1. The molecule has 1 heterocycles. The molecule has 1 aromatic carbocycles. The van der Waals surface area contributed by atoms with Gasteiger partial charge in [0.15, 0.2) is 0 Å². The second-order valence-electron chi connectivity index (χ2n) is 7.07. The number of hydrogen-bond donors (Lipinski definition) is 2. The number of rotatable bonds is 5. The van der Waals surface area contributed by atoms with Crippen LogP contribution in [-0.2, 0) is 0 Å². The van der Waals surface area contributed by atoms with Gasteiger partial charge in [-0.1, -0.05) is 51.1 Å². The molecule has 1 aliphatic heterocycles. The molecule has 0 aliphatic carbocycles. The third-order valence-corrected chi connectivity index (χ3v) is 7.34. The van der Waals surface area contributed by atoms with Gasteiger partial charge in [-0.25, -0.2) is 0 Å². The van der Waals surface area contributed by atoms with Crippen LogP contribution in [0, 0.1) is 5.41 Å². The first-order valence-electron chi connectivity index (χ1n) is 8.08. The zero-order valence-corrected chi connectivity index (χ0v) is 17.4. The van der Waals surface area contributed by atoms with E-state index in [1.807, 2.05) is 6.07 Å². The van der Waals surface area contributed by atoms with Crippen molar-refractivity contribution in [3.63, 3.8) is 0 Å². The minimum Gasteiger partial charge on any atom is -0.363 e. The van der Waals surface area contributed by atoms with E-state index in [9.17, 15) is 4.79 Å². The van der Waals surface area contributed by atoms with Crippen LogP contribution in [0.4, 0.5) is 4.79 Å². The molecular formula is C17H26AlIN2O. The molecule has 120 valence electrons. The summed E-state index contributed by atoms with van der Waals surface area (Å²) in [4.78, 5) is 12.2. The Morgan fingerprint density at radius 3 is 2.64 bits per heavy atom. The summed E-state index contributed by atoms with van der Waals surface area (Å²) in [5.41, 5.74) is 1.46. The highest BCUT2D eigenvalue weighted by molar-refractivity contribution is 14.1. The molecule has 0 saturated carbocycles. The van der Waals surface area contributed by atoms with Crippen molar-refractivity contribution >= 4 is 37.0 Å². The largest absolute Gasteiger partial charge is 0.467 e. The van der Waals surface area contributed by atoms with E-state index in [0.29, 0.717) is 5.41 Å². The van der Waals surface area contributed by atoms with Crippen LogP contribution in [0.5, 0.6) is 0 Å². The van der Waals surface area contributed by atoms with Crippen LogP contribution < -0.4 is 10.6 Å². The van der Waals surface area contributed by atoms with E-state index in [1.165, 1.54) is 12.0 Å². The molecule has 5 heteroatoms. The third-order valence-electron chi connectivity index (χ3n) is 4.82. The summed E-state index contributed by atoms with van der Waals surface area (Å²) < 4.78 is 0.243. The fraction of sp³-hybridized carbons (Fsp3) is 0.588. The molecule has 1 fully saturated rings. The summed E-state index contributed by atoms with van der Waals surface area (Å²) in [6, 6.07) is 10.5. The molecule has 2 N–H and O–H groups in total. The quantitative estimate of drug-likeness (QED) is 0.554. The van der Waals surface area contributed by atoms with Crippen molar-refractivity contribution in [1.29, 1.82) is 0 Å². The third kappa shape index (κ3) is 4.26. The zero-order chi connectivity index (χ0) is 16.2. The first-order chi connectivity index (χ1) is 10.4. The van der Waals surface area contributed by atoms with Crippen molar-refractivity contribution < 1.29 is 4.79 Å². The molecular weight excluding hydrogens is 402 g/mol. The van der Waals surface area contributed by atoms with E-state index in [2.05, 4.69) is 75.9 Å². The van der Waals surface area contributed by atoms with E-state index < -0.39 is 11.9 Å². The molecule has 22 heavy (non-hydrogen) atoms. The fourth-order valence-corrected chi connectivity index (χ4v) is 4.64. The number of nitrogens with one attached hydrogen (secondary N) is 2. The van der Waals surface area contributed by atoms with Crippen molar-refractivity contribution in [1.82, 2.24) is 10.6 Å². The summed E-state index contributed by atoms with van der Waals surface area (Å²) in [5, 5.41) is 7.10. The summed E-state index contributed by atoms with van der Waals surface area (Å²) in [6.45, 7) is 7.93. The lowest BCUT2D eigenvalue weighted by Gasteiger charge is -2.50. The second kappa shape index (κ2) is 7.65. The van der Waals surface area contributed by atoms with Gasteiger partial charge in [0.1, 0.15) is 4.77 Å². The fourth-order valence-electron chi connectivity index (χ4n) is 3.70. The minimum absolute atomic E-state index is 0.0491. The molecule has 0 aromatic heterocycles. The molecule has 0 bridgehead atoms. The summed E-state index contributed by atoms with van der Waals surface area (Å²) in [5.74, 6) is 0. The van der Waals surface area contributed by atoms with Gasteiger partial charge in [0.05, 0.1) is 6.04 Å². The maximum atomic E-state index is 12.2. The lowest BCUT2D eigenvalue weighted by molar-refractivity contribution is 0.0944. The van der Waals surface area contributed by atoms with Gasteiger partial charge in [-0.2, -0.15) is 20.3 Å². The highest BCUT2D eigenvalue weighted by Crippen LogP contribution is 2.43. The maximum absolute atomic E-state index is 12.2. The molecule has 1 aliphatic rings. The van der Waals surface area contributed by atoms with Crippen LogP contribution in [-0.4, -0.2) is 28.8 Å². The predicted octanol–water partition coefficient (Wildman–Crippen LogP) is 3.78. The molecule has 2 unspecified atom stereocenters.